The van der Waals surface area contributed by atoms with Crippen molar-refractivity contribution < 1.29 is 4.79 Å². The molecule has 0 saturated heterocycles. The van der Waals surface area contributed by atoms with E-state index in [0.29, 0.717) is 5.41 Å². The summed E-state index contributed by atoms with van der Waals surface area (Å²) in [6.07, 6.45) is 6.47. The predicted molar refractivity (Wildman–Crippen MR) is 85.2 cm³/mol. The highest BCUT2D eigenvalue weighted by Crippen LogP contribution is 2.65. The van der Waals surface area contributed by atoms with E-state index in [4.69, 9.17) is 0 Å². The van der Waals surface area contributed by atoms with E-state index in [-0.39, 0.29) is 11.8 Å². The lowest BCUT2D eigenvalue weighted by Gasteiger charge is -2.26. The van der Waals surface area contributed by atoms with Crippen LogP contribution in [0, 0.1) is 18.3 Å². The first-order valence-corrected chi connectivity index (χ1v) is 7.88. The van der Waals surface area contributed by atoms with E-state index >= 15 is 0 Å². The third kappa shape index (κ3) is 2.19. The van der Waals surface area contributed by atoms with Crippen LogP contribution in [0.5, 0.6) is 0 Å². The van der Waals surface area contributed by atoms with Crippen LogP contribution in [0.4, 0.5) is 5.69 Å². The minimum Gasteiger partial charge on any atom is -0.326 e. The normalized spacial score (nSPS) is 21.2. The van der Waals surface area contributed by atoms with Crippen LogP contribution in [0.1, 0.15) is 31.2 Å². The Morgan fingerprint density at radius 1 is 1.32 bits per heavy atom. The lowest BCUT2D eigenvalue weighted by Crippen LogP contribution is -2.23. The van der Waals surface area contributed by atoms with Crippen LogP contribution in [0.25, 0.3) is 11.3 Å². The fourth-order valence-electron chi connectivity index (χ4n) is 3.55. The number of hydrogen-bond acceptors (Lipinski definition) is 3. The van der Waals surface area contributed by atoms with Crippen molar-refractivity contribution in [2.75, 3.05) is 5.32 Å². The Labute approximate surface area is 130 Å². The molecular formula is C18H19N3O. The minimum absolute atomic E-state index is 0.175. The quantitative estimate of drug-likeness (QED) is 0.941. The number of anilines is 1. The van der Waals surface area contributed by atoms with Gasteiger partial charge in [-0.3, -0.25) is 4.79 Å². The molecule has 1 aromatic heterocycles. The summed E-state index contributed by atoms with van der Waals surface area (Å²) in [6.45, 7) is 2.04. The summed E-state index contributed by atoms with van der Waals surface area (Å²) in [7, 11) is 0. The SMILES string of the molecule is Cc1ccc(NC(=O)[C@@H]2CC23CCC3)cc1-c1cccnn1. The van der Waals surface area contributed by atoms with Crippen molar-refractivity contribution in [1.29, 1.82) is 0 Å². The van der Waals surface area contributed by atoms with E-state index < -0.39 is 0 Å². The first-order valence-electron chi connectivity index (χ1n) is 7.88. The van der Waals surface area contributed by atoms with Crippen molar-refractivity contribution in [1.82, 2.24) is 10.2 Å². The second-order valence-electron chi connectivity index (χ2n) is 6.60. The van der Waals surface area contributed by atoms with E-state index in [0.717, 1.165) is 28.9 Å². The molecule has 4 rings (SSSR count). The summed E-state index contributed by atoms with van der Waals surface area (Å²) >= 11 is 0. The molecule has 0 bridgehead atoms. The van der Waals surface area contributed by atoms with Crippen LogP contribution in [0.15, 0.2) is 36.5 Å². The monoisotopic (exact) mass is 293 g/mol. The average Bonchev–Trinajstić information content (AvgIpc) is 3.26. The van der Waals surface area contributed by atoms with Gasteiger partial charge in [-0.1, -0.05) is 12.5 Å². The number of rotatable bonds is 3. The highest BCUT2D eigenvalue weighted by atomic mass is 16.2. The number of carbonyl (C=O) groups is 1. The van der Waals surface area contributed by atoms with Crippen LogP contribution in [-0.4, -0.2) is 16.1 Å². The Hall–Kier alpha value is -2.23. The zero-order valence-corrected chi connectivity index (χ0v) is 12.7. The number of aryl methyl sites for hydroxylation is 1. The summed E-state index contributed by atoms with van der Waals surface area (Å²) in [5, 5.41) is 11.2. The molecule has 1 aromatic carbocycles. The highest BCUT2D eigenvalue weighted by molar-refractivity contribution is 5.95. The van der Waals surface area contributed by atoms with Crippen molar-refractivity contribution in [3.05, 3.63) is 42.1 Å². The van der Waals surface area contributed by atoms with Gasteiger partial charge in [0.25, 0.3) is 0 Å². The molecule has 0 aliphatic heterocycles. The second kappa shape index (κ2) is 4.90. The van der Waals surface area contributed by atoms with Crippen LogP contribution in [0.2, 0.25) is 0 Å². The lowest BCUT2D eigenvalue weighted by molar-refractivity contribution is -0.118. The van der Waals surface area contributed by atoms with E-state index in [9.17, 15) is 4.79 Å². The molecule has 4 nitrogen and oxygen atoms in total. The fourth-order valence-corrected chi connectivity index (χ4v) is 3.55. The third-order valence-corrected chi connectivity index (χ3v) is 5.21. The molecule has 22 heavy (non-hydrogen) atoms. The van der Waals surface area contributed by atoms with E-state index in [1.165, 1.54) is 19.3 Å². The molecule has 1 atom stereocenters. The number of aromatic nitrogens is 2. The Kier molecular flexibility index (Phi) is 2.99. The van der Waals surface area contributed by atoms with Crippen LogP contribution in [-0.2, 0) is 4.79 Å². The molecule has 0 radical (unpaired) electrons. The summed E-state index contributed by atoms with van der Waals surface area (Å²) in [6, 6.07) is 9.78. The molecule has 0 unspecified atom stereocenters. The minimum atomic E-state index is 0.175. The number of benzene rings is 1. The molecule has 2 fully saturated rings. The van der Waals surface area contributed by atoms with Crippen molar-refractivity contribution >= 4 is 11.6 Å². The first kappa shape index (κ1) is 13.4. The molecule has 1 spiro atoms. The van der Waals surface area contributed by atoms with Gasteiger partial charge in [-0.25, -0.2) is 0 Å². The van der Waals surface area contributed by atoms with Gasteiger partial charge in [0.05, 0.1) is 5.69 Å². The Balaban J connectivity index is 1.54. The fraction of sp³-hybridized carbons (Fsp3) is 0.389. The Morgan fingerprint density at radius 2 is 2.18 bits per heavy atom. The number of carbonyl (C=O) groups excluding carboxylic acids is 1. The van der Waals surface area contributed by atoms with Crippen molar-refractivity contribution in [3.63, 3.8) is 0 Å². The lowest BCUT2D eigenvalue weighted by atomic mass is 9.79. The van der Waals surface area contributed by atoms with Gasteiger partial charge in [0.2, 0.25) is 5.91 Å². The molecule has 112 valence electrons. The molecule has 2 aromatic rings. The Morgan fingerprint density at radius 3 is 2.82 bits per heavy atom. The predicted octanol–water partition coefficient (Wildman–Crippen LogP) is 3.58. The van der Waals surface area contributed by atoms with Crippen LogP contribution >= 0.6 is 0 Å². The third-order valence-electron chi connectivity index (χ3n) is 5.21. The largest absolute Gasteiger partial charge is 0.326 e. The van der Waals surface area contributed by atoms with Crippen molar-refractivity contribution in [2.45, 2.75) is 32.6 Å². The maximum Gasteiger partial charge on any atom is 0.228 e. The van der Waals surface area contributed by atoms with Crippen molar-refractivity contribution in [3.8, 4) is 11.3 Å². The zero-order chi connectivity index (χ0) is 15.2. The molecule has 2 aliphatic carbocycles. The maximum atomic E-state index is 12.4. The maximum absolute atomic E-state index is 12.4. The van der Waals surface area contributed by atoms with Gasteiger partial charge in [0, 0.05) is 23.4 Å². The zero-order valence-electron chi connectivity index (χ0n) is 12.7. The molecule has 1 amide bonds. The molecule has 1 heterocycles. The molecule has 2 aliphatic rings. The first-order chi connectivity index (χ1) is 10.7. The van der Waals surface area contributed by atoms with Crippen molar-refractivity contribution in [2.24, 2.45) is 11.3 Å². The topological polar surface area (TPSA) is 54.9 Å². The van der Waals surface area contributed by atoms with Crippen LogP contribution in [0.3, 0.4) is 0 Å². The number of amides is 1. The van der Waals surface area contributed by atoms with Gasteiger partial charge in [-0.2, -0.15) is 10.2 Å². The van der Waals surface area contributed by atoms with Gasteiger partial charge >= 0.3 is 0 Å². The molecule has 4 heteroatoms. The summed E-state index contributed by atoms with van der Waals surface area (Å²) in [5.74, 6) is 0.399. The summed E-state index contributed by atoms with van der Waals surface area (Å²) in [5.41, 5.74) is 4.18. The number of hydrogen-bond donors (Lipinski definition) is 1. The highest BCUT2D eigenvalue weighted by Gasteiger charge is 2.60. The smallest absolute Gasteiger partial charge is 0.228 e. The standard InChI is InChI=1S/C18H19N3O/c1-12-5-6-13(10-14(12)16-4-2-9-19-21-16)20-17(22)15-11-18(15)7-3-8-18/h2,4-6,9-10,15H,3,7-8,11H2,1H3,(H,20,22)/t15-/m0/s1. The van der Waals surface area contributed by atoms with Gasteiger partial charge in [0.15, 0.2) is 0 Å². The van der Waals surface area contributed by atoms with Gasteiger partial charge in [-0.05, 0) is 61.4 Å². The van der Waals surface area contributed by atoms with Crippen LogP contribution < -0.4 is 5.32 Å². The molecular weight excluding hydrogens is 274 g/mol. The van der Waals surface area contributed by atoms with E-state index in [1.54, 1.807) is 6.20 Å². The second-order valence-corrected chi connectivity index (χ2v) is 6.60. The molecule has 2 saturated carbocycles. The number of nitrogens with one attached hydrogen (secondary N) is 1. The molecule has 1 N–H and O–H groups in total. The van der Waals surface area contributed by atoms with E-state index in [1.807, 2.05) is 37.3 Å². The van der Waals surface area contributed by atoms with Gasteiger partial charge in [-0.15, -0.1) is 0 Å². The average molecular weight is 293 g/mol. The van der Waals surface area contributed by atoms with E-state index in [2.05, 4.69) is 15.5 Å². The summed E-state index contributed by atoms with van der Waals surface area (Å²) in [4.78, 5) is 12.4. The summed E-state index contributed by atoms with van der Waals surface area (Å²) < 4.78 is 0. The number of nitrogens with zero attached hydrogens (tertiary/aromatic N) is 2. The Bertz CT molecular complexity index is 722. The van der Waals surface area contributed by atoms with Gasteiger partial charge < -0.3 is 5.32 Å². The van der Waals surface area contributed by atoms with Gasteiger partial charge in [0.1, 0.15) is 0 Å².